The predicted octanol–water partition coefficient (Wildman–Crippen LogP) is 4.99. The number of piperidine rings is 1. The summed E-state index contributed by atoms with van der Waals surface area (Å²) in [6, 6.07) is 11.6. The van der Waals surface area contributed by atoms with E-state index < -0.39 is 0 Å². The Hall–Kier alpha value is -2.68. The van der Waals surface area contributed by atoms with Gasteiger partial charge in [-0.3, -0.25) is 4.90 Å². The van der Waals surface area contributed by atoms with Crippen molar-refractivity contribution in [2.75, 3.05) is 46.8 Å². The van der Waals surface area contributed by atoms with Gasteiger partial charge in [0.15, 0.2) is 11.5 Å². The number of urea groups is 1. The molecule has 202 valence electrons. The van der Waals surface area contributed by atoms with Crippen molar-refractivity contribution in [3.63, 3.8) is 0 Å². The molecule has 2 aromatic rings. The molecule has 9 heteroatoms. The number of hydrogen-bond donors (Lipinski definition) is 2. The molecule has 2 N–H and O–H groups in total. The number of ether oxygens (including phenoxy) is 4. The molecule has 0 bridgehead atoms. The van der Waals surface area contributed by atoms with Gasteiger partial charge in [-0.1, -0.05) is 23.7 Å². The van der Waals surface area contributed by atoms with Crippen molar-refractivity contribution in [3.8, 4) is 17.2 Å². The summed E-state index contributed by atoms with van der Waals surface area (Å²) in [6.07, 6.45) is 5.18. The largest absolute Gasteiger partial charge is 0.493 e. The van der Waals surface area contributed by atoms with Crippen LogP contribution in [-0.2, 0) is 11.2 Å². The fourth-order valence-corrected chi connectivity index (χ4v) is 5.78. The number of carbonyl (C=O) groups is 1. The van der Waals surface area contributed by atoms with Crippen molar-refractivity contribution < 1.29 is 23.7 Å². The van der Waals surface area contributed by atoms with Crippen LogP contribution in [0.5, 0.6) is 17.2 Å². The molecule has 1 saturated heterocycles. The quantitative estimate of drug-likeness (QED) is 0.474. The molecule has 2 fully saturated rings. The third-order valence-corrected chi connectivity index (χ3v) is 7.87. The maximum Gasteiger partial charge on any atom is 0.319 e. The van der Waals surface area contributed by atoms with Crippen molar-refractivity contribution >= 4 is 23.3 Å². The van der Waals surface area contributed by atoms with Crippen molar-refractivity contribution in [3.05, 3.63) is 47.0 Å². The lowest BCUT2D eigenvalue weighted by Gasteiger charge is -2.38. The van der Waals surface area contributed by atoms with Gasteiger partial charge in [-0.15, -0.1) is 0 Å². The van der Waals surface area contributed by atoms with Crippen molar-refractivity contribution in [1.82, 2.24) is 10.2 Å². The summed E-state index contributed by atoms with van der Waals surface area (Å²) in [5.74, 6) is 2.11. The molecular weight excluding hydrogens is 494 g/mol. The van der Waals surface area contributed by atoms with Crippen LogP contribution < -0.4 is 24.8 Å². The van der Waals surface area contributed by atoms with Crippen LogP contribution >= 0.6 is 11.6 Å². The summed E-state index contributed by atoms with van der Waals surface area (Å²) in [7, 11) is 6.40. The highest BCUT2D eigenvalue weighted by Crippen LogP contribution is 2.40. The first-order valence-corrected chi connectivity index (χ1v) is 13.2. The minimum absolute atomic E-state index is 0.000181. The topological polar surface area (TPSA) is 81.3 Å². The molecule has 8 nitrogen and oxygen atoms in total. The molecule has 2 aromatic carbocycles. The van der Waals surface area contributed by atoms with Gasteiger partial charge in [-0.05, 0) is 68.8 Å². The first kappa shape index (κ1) is 27.4. The number of likely N-dealkylation sites (tertiary alicyclic amines) is 1. The molecule has 1 aliphatic heterocycles. The number of nitrogens with one attached hydrogen (secondary N) is 2. The molecule has 0 aromatic heterocycles. The number of amides is 2. The minimum atomic E-state index is -0.265. The Morgan fingerprint density at radius 2 is 1.62 bits per heavy atom. The van der Waals surface area contributed by atoms with Gasteiger partial charge >= 0.3 is 6.03 Å². The zero-order valence-corrected chi connectivity index (χ0v) is 22.8. The first-order chi connectivity index (χ1) is 17.9. The summed E-state index contributed by atoms with van der Waals surface area (Å²) >= 11 is 6.04. The maximum atomic E-state index is 13.0. The number of rotatable bonds is 9. The Bertz CT molecular complexity index is 1020. The van der Waals surface area contributed by atoms with Crippen LogP contribution in [0.1, 0.15) is 31.2 Å². The molecule has 3 atom stereocenters. The second-order valence-corrected chi connectivity index (χ2v) is 10.3. The van der Waals surface area contributed by atoms with E-state index >= 15 is 0 Å². The average Bonchev–Trinajstić information content (AvgIpc) is 3.32. The number of carbonyl (C=O) groups excluding carboxylic acids is 1. The molecular formula is C28H38ClN3O5. The molecule has 37 heavy (non-hydrogen) atoms. The smallest absolute Gasteiger partial charge is 0.319 e. The summed E-state index contributed by atoms with van der Waals surface area (Å²) in [5.41, 5.74) is 1.90. The summed E-state index contributed by atoms with van der Waals surface area (Å²) in [5, 5.41) is 6.91. The fourth-order valence-electron chi connectivity index (χ4n) is 5.65. The third kappa shape index (κ3) is 6.80. The monoisotopic (exact) mass is 531 g/mol. The lowest BCUT2D eigenvalue weighted by atomic mass is 9.89. The second-order valence-electron chi connectivity index (χ2n) is 9.83. The van der Waals surface area contributed by atoms with E-state index in [2.05, 4.69) is 27.7 Å². The van der Waals surface area contributed by atoms with Gasteiger partial charge in [-0.25, -0.2) is 4.79 Å². The Balaban J connectivity index is 1.36. The number of halogens is 1. The van der Waals surface area contributed by atoms with Gasteiger partial charge in [0.1, 0.15) is 0 Å². The van der Waals surface area contributed by atoms with Gasteiger partial charge in [-0.2, -0.15) is 0 Å². The molecule has 0 spiro atoms. The second kappa shape index (κ2) is 12.7. The first-order valence-electron chi connectivity index (χ1n) is 12.8. The van der Waals surface area contributed by atoms with Crippen LogP contribution in [0.2, 0.25) is 5.02 Å². The van der Waals surface area contributed by atoms with Crippen LogP contribution in [0.4, 0.5) is 10.5 Å². The van der Waals surface area contributed by atoms with Crippen LogP contribution in [0.25, 0.3) is 0 Å². The van der Waals surface area contributed by atoms with E-state index in [1.165, 1.54) is 5.56 Å². The summed E-state index contributed by atoms with van der Waals surface area (Å²) in [4.78, 5) is 15.6. The van der Waals surface area contributed by atoms with E-state index in [-0.39, 0.29) is 24.2 Å². The van der Waals surface area contributed by atoms with E-state index in [1.807, 2.05) is 12.1 Å². The Kier molecular flexibility index (Phi) is 9.40. The predicted molar refractivity (Wildman–Crippen MR) is 145 cm³/mol. The van der Waals surface area contributed by atoms with Gasteiger partial charge in [0.2, 0.25) is 5.75 Å². The zero-order chi connectivity index (χ0) is 26.4. The molecule has 2 amide bonds. The van der Waals surface area contributed by atoms with E-state index in [9.17, 15) is 4.79 Å². The Labute approximate surface area is 224 Å². The number of nitrogens with zero attached hydrogens (tertiary/aromatic N) is 1. The highest BCUT2D eigenvalue weighted by atomic mass is 35.5. The standard InChI is InChI=1S/C28H38ClN3O5/c1-34-22-16-23(31-28(33)30-21-14-25(35-2)27(37-4)26(15-21)36-3)24(17-22)32-11-9-19(10-12-32)13-18-5-7-20(29)8-6-18/h5-8,14-15,19,22-24H,9-13,16-17H2,1-4H3,(H2,30,31,33)/t22-,23+,24-/m0/s1. The molecule has 0 radical (unpaired) electrons. The lowest BCUT2D eigenvalue weighted by molar-refractivity contribution is 0.0859. The fraction of sp³-hybridized carbons (Fsp3) is 0.536. The molecule has 4 rings (SSSR count). The summed E-state index contributed by atoms with van der Waals surface area (Å²) < 4.78 is 21.9. The number of anilines is 1. The van der Waals surface area contributed by atoms with Crippen LogP contribution in [0, 0.1) is 5.92 Å². The van der Waals surface area contributed by atoms with Crippen LogP contribution in [-0.4, -0.2) is 70.6 Å². The average molecular weight is 532 g/mol. The van der Waals surface area contributed by atoms with Gasteiger partial charge in [0, 0.05) is 36.3 Å². The number of benzene rings is 2. The lowest BCUT2D eigenvalue weighted by Crippen LogP contribution is -2.52. The van der Waals surface area contributed by atoms with E-state index in [0.717, 1.165) is 50.2 Å². The molecule has 1 saturated carbocycles. The highest BCUT2D eigenvalue weighted by molar-refractivity contribution is 6.30. The summed E-state index contributed by atoms with van der Waals surface area (Å²) in [6.45, 7) is 2.04. The van der Waals surface area contributed by atoms with E-state index in [1.54, 1.807) is 40.6 Å². The van der Waals surface area contributed by atoms with Crippen LogP contribution in [0.3, 0.4) is 0 Å². The zero-order valence-electron chi connectivity index (χ0n) is 22.1. The Morgan fingerprint density at radius 1 is 0.973 bits per heavy atom. The van der Waals surface area contributed by atoms with Crippen molar-refractivity contribution in [1.29, 1.82) is 0 Å². The van der Waals surface area contributed by atoms with Gasteiger partial charge in [0.25, 0.3) is 0 Å². The van der Waals surface area contributed by atoms with Crippen LogP contribution in [0.15, 0.2) is 36.4 Å². The normalized spacial score (nSPS) is 22.5. The minimum Gasteiger partial charge on any atom is -0.493 e. The number of hydrogen-bond acceptors (Lipinski definition) is 6. The third-order valence-electron chi connectivity index (χ3n) is 7.61. The van der Waals surface area contributed by atoms with E-state index in [4.69, 9.17) is 30.5 Å². The maximum absolute atomic E-state index is 13.0. The highest BCUT2D eigenvalue weighted by Gasteiger charge is 2.40. The van der Waals surface area contributed by atoms with Crippen molar-refractivity contribution in [2.45, 2.75) is 50.3 Å². The molecule has 1 heterocycles. The Morgan fingerprint density at radius 3 is 2.19 bits per heavy atom. The molecule has 1 aliphatic carbocycles. The van der Waals surface area contributed by atoms with E-state index in [0.29, 0.717) is 28.9 Å². The molecule has 0 unspecified atom stereocenters. The molecule has 2 aliphatic rings. The van der Waals surface area contributed by atoms with Gasteiger partial charge < -0.3 is 29.6 Å². The number of methoxy groups -OCH3 is 4. The van der Waals surface area contributed by atoms with Crippen molar-refractivity contribution in [2.24, 2.45) is 5.92 Å². The SMILES string of the molecule is COc1cc(NC(=O)N[C@@H]2C[C@H](OC)C[C@@H]2N2CCC(Cc3ccc(Cl)cc3)CC2)cc(OC)c1OC. The van der Waals surface area contributed by atoms with Gasteiger partial charge in [0.05, 0.1) is 33.1 Å².